The number of carbonyl (C=O) groups is 1. The fourth-order valence-corrected chi connectivity index (χ4v) is 2.37. The minimum Gasteiger partial charge on any atom is -0.494 e. The lowest BCUT2D eigenvalue weighted by Gasteiger charge is -2.11. The van der Waals surface area contributed by atoms with Crippen LogP contribution < -0.4 is 9.47 Å². The molecule has 0 N–H and O–H groups in total. The van der Waals surface area contributed by atoms with E-state index in [9.17, 15) is 4.79 Å². The van der Waals surface area contributed by atoms with E-state index >= 15 is 0 Å². The lowest BCUT2D eigenvalue weighted by molar-refractivity contribution is -0.128. The van der Waals surface area contributed by atoms with Gasteiger partial charge in [0.1, 0.15) is 11.5 Å². The molecule has 0 saturated heterocycles. The van der Waals surface area contributed by atoms with Gasteiger partial charge in [0.15, 0.2) is 0 Å². The Morgan fingerprint density at radius 3 is 2.48 bits per heavy atom. The van der Waals surface area contributed by atoms with Crippen LogP contribution in [0, 0.1) is 0 Å². The van der Waals surface area contributed by atoms with Gasteiger partial charge in [-0.3, -0.25) is 0 Å². The van der Waals surface area contributed by atoms with Crippen molar-refractivity contribution in [1.82, 2.24) is 0 Å². The summed E-state index contributed by atoms with van der Waals surface area (Å²) in [7, 11) is 0. The van der Waals surface area contributed by atoms with Gasteiger partial charge >= 0.3 is 5.97 Å². The third-order valence-corrected chi connectivity index (χ3v) is 3.81. The van der Waals surface area contributed by atoms with Crippen LogP contribution in [0.5, 0.6) is 11.5 Å². The van der Waals surface area contributed by atoms with Crippen molar-refractivity contribution in [3.05, 3.63) is 65.7 Å². The standard InChI is InChI=1S/C22H26O3/c1-4-5-16-24-19-13-10-18(11-14-19)12-15-22(23)25-21-9-7-6-8-20(21)17(2)3/h6-15,17H,4-5,16H2,1-3H3/b15-12+. The number of hydrogen-bond donors (Lipinski definition) is 0. The summed E-state index contributed by atoms with van der Waals surface area (Å²) in [5.74, 6) is 1.38. The van der Waals surface area contributed by atoms with Gasteiger partial charge in [-0.15, -0.1) is 0 Å². The summed E-state index contributed by atoms with van der Waals surface area (Å²) in [6.45, 7) is 7.02. The molecular formula is C22H26O3. The molecule has 0 bridgehead atoms. The highest BCUT2D eigenvalue weighted by Crippen LogP contribution is 2.26. The summed E-state index contributed by atoms with van der Waals surface area (Å²) in [5, 5.41) is 0. The predicted octanol–water partition coefficient (Wildman–Crippen LogP) is 5.61. The van der Waals surface area contributed by atoms with E-state index in [0.29, 0.717) is 11.7 Å². The molecule has 2 aromatic carbocycles. The van der Waals surface area contributed by atoms with Gasteiger partial charge in [-0.2, -0.15) is 0 Å². The van der Waals surface area contributed by atoms with E-state index in [2.05, 4.69) is 20.8 Å². The Balaban J connectivity index is 1.94. The van der Waals surface area contributed by atoms with Crippen molar-refractivity contribution < 1.29 is 14.3 Å². The molecule has 0 aliphatic carbocycles. The maximum atomic E-state index is 12.1. The molecule has 132 valence electrons. The second kappa shape index (κ2) is 9.67. The average molecular weight is 338 g/mol. The van der Waals surface area contributed by atoms with E-state index in [1.807, 2.05) is 48.5 Å². The number of rotatable bonds is 8. The molecule has 0 saturated carbocycles. The molecule has 25 heavy (non-hydrogen) atoms. The van der Waals surface area contributed by atoms with E-state index in [4.69, 9.17) is 9.47 Å². The molecule has 0 aliphatic heterocycles. The molecule has 0 spiro atoms. The normalized spacial score (nSPS) is 11.0. The van der Waals surface area contributed by atoms with Crippen molar-refractivity contribution in [3.63, 3.8) is 0 Å². The Labute approximate surface area is 150 Å². The molecule has 0 fully saturated rings. The van der Waals surface area contributed by atoms with Crippen molar-refractivity contribution >= 4 is 12.0 Å². The first-order valence-corrected chi connectivity index (χ1v) is 8.82. The third kappa shape index (κ3) is 6.11. The van der Waals surface area contributed by atoms with Crippen LogP contribution in [-0.2, 0) is 4.79 Å². The summed E-state index contributed by atoms with van der Waals surface area (Å²) < 4.78 is 11.1. The van der Waals surface area contributed by atoms with Crippen LogP contribution >= 0.6 is 0 Å². The van der Waals surface area contributed by atoms with Gasteiger partial charge in [0, 0.05) is 6.08 Å². The maximum Gasteiger partial charge on any atom is 0.336 e. The van der Waals surface area contributed by atoms with Gasteiger partial charge in [0.05, 0.1) is 6.61 Å². The van der Waals surface area contributed by atoms with E-state index in [0.717, 1.165) is 36.3 Å². The molecule has 0 radical (unpaired) electrons. The van der Waals surface area contributed by atoms with E-state index in [1.54, 1.807) is 6.08 Å². The Bertz CT molecular complexity index is 699. The number of benzene rings is 2. The SMILES string of the molecule is CCCCOc1ccc(/C=C/C(=O)Oc2ccccc2C(C)C)cc1. The van der Waals surface area contributed by atoms with Gasteiger partial charge in [-0.25, -0.2) is 4.79 Å². The largest absolute Gasteiger partial charge is 0.494 e. The number of carbonyl (C=O) groups excluding carboxylic acids is 1. The molecule has 3 nitrogen and oxygen atoms in total. The summed E-state index contributed by atoms with van der Waals surface area (Å²) >= 11 is 0. The lowest BCUT2D eigenvalue weighted by atomic mass is 10.0. The van der Waals surface area contributed by atoms with Gasteiger partial charge in [-0.05, 0) is 47.7 Å². The van der Waals surface area contributed by atoms with Crippen LogP contribution in [0.2, 0.25) is 0 Å². The smallest absolute Gasteiger partial charge is 0.336 e. The Kier molecular flexibility index (Phi) is 7.27. The number of unbranched alkanes of at least 4 members (excludes halogenated alkanes) is 1. The molecule has 0 unspecified atom stereocenters. The van der Waals surface area contributed by atoms with Crippen LogP contribution in [0.3, 0.4) is 0 Å². The van der Waals surface area contributed by atoms with Gasteiger partial charge in [-0.1, -0.05) is 57.5 Å². The quantitative estimate of drug-likeness (QED) is 0.272. The van der Waals surface area contributed by atoms with Crippen LogP contribution in [0.4, 0.5) is 0 Å². The molecule has 0 aliphatic rings. The minimum atomic E-state index is -0.378. The fraction of sp³-hybridized carbons (Fsp3) is 0.318. The summed E-state index contributed by atoms with van der Waals surface area (Å²) in [6, 6.07) is 15.3. The summed E-state index contributed by atoms with van der Waals surface area (Å²) in [6.07, 6.45) is 5.36. The van der Waals surface area contributed by atoms with Crippen molar-refractivity contribution in [2.75, 3.05) is 6.61 Å². The fourth-order valence-electron chi connectivity index (χ4n) is 2.37. The first-order chi connectivity index (χ1) is 12.1. The first-order valence-electron chi connectivity index (χ1n) is 8.82. The van der Waals surface area contributed by atoms with Crippen LogP contribution in [-0.4, -0.2) is 12.6 Å². The highest BCUT2D eigenvalue weighted by molar-refractivity contribution is 5.88. The molecular weight excluding hydrogens is 312 g/mol. The number of ether oxygens (including phenoxy) is 2. The number of para-hydroxylation sites is 1. The summed E-state index contributed by atoms with van der Waals surface area (Å²) in [5.41, 5.74) is 1.95. The zero-order chi connectivity index (χ0) is 18.1. The van der Waals surface area contributed by atoms with Gasteiger partial charge in [0.2, 0.25) is 0 Å². The van der Waals surface area contributed by atoms with Gasteiger partial charge < -0.3 is 9.47 Å². The van der Waals surface area contributed by atoms with Gasteiger partial charge in [0.25, 0.3) is 0 Å². The van der Waals surface area contributed by atoms with E-state index in [-0.39, 0.29) is 5.97 Å². The third-order valence-electron chi connectivity index (χ3n) is 3.81. The van der Waals surface area contributed by atoms with E-state index in [1.165, 1.54) is 6.08 Å². The van der Waals surface area contributed by atoms with Crippen LogP contribution in [0.15, 0.2) is 54.6 Å². The number of hydrogen-bond acceptors (Lipinski definition) is 3. The monoisotopic (exact) mass is 338 g/mol. The maximum absolute atomic E-state index is 12.1. The Hall–Kier alpha value is -2.55. The van der Waals surface area contributed by atoms with Crippen LogP contribution in [0.1, 0.15) is 50.7 Å². The minimum absolute atomic E-state index is 0.299. The second-order valence-electron chi connectivity index (χ2n) is 6.22. The molecule has 2 rings (SSSR count). The highest BCUT2D eigenvalue weighted by atomic mass is 16.5. The molecule has 0 atom stereocenters. The highest BCUT2D eigenvalue weighted by Gasteiger charge is 2.09. The van der Waals surface area contributed by atoms with Crippen molar-refractivity contribution in [2.45, 2.75) is 39.5 Å². The molecule has 3 heteroatoms. The van der Waals surface area contributed by atoms with E-state index < -0.39 is 0 Å². The first kappa shape index (κ1) is 18.8. The number of esters is 1. The lowest BCUT2D eigenvalue weighted by Crippen LogP contribution is -2.06. The zero-order valence-electron chi connectivity index (χ0n) is 15.2. The Morgan fingerprint density at radius 1 is 1.08 bits per heavy atom. The molecule has 0 amide bonds. The van der Waals surface area contributed by atoms with Crippen molar-refractivity contribution in [3.8, 4) is 11.5 Å². The second-order valence-corrected chi connectivity index (χ2v) is 6.22. The summed E-state index contributed by atoms with van der Waals surface area (Å²) in [4.78, 5) is 12.1. The van der Waals surface area contributed by atoms with Crippen LogP contribution in [0.25, 0.3) is 6.08 Å². The molecule has 2 aromatic rings. The molecule has 0 aromatic heterocycles. The van der Waals surface area contributed by atoms with Crippen molar-refractivity contribution in [2.24, 2.45) is 0 Å². The molecule has 0 heterocycles. The Morgan fingerprint density at radius 2 is 1.80 bits per heavy atom. The average Bonchev–Trinajstić information content (AvgIpc) is 2.61. The zero-order valence-corrected chi connectivity index (χ0v) is 15.2. The predicted molar refractivity (Wildman–Crippen MR) is 102 cm³/mol. The topological polar surface area (TPSA) is 35.5 Å². The van der Waals surface area contributed by atoms with Crippen molar-refractivity contribution in [1.29, 1.82) is 0 Å².